The summed E-state index contributed by atoms with van der Waals surface area (Å²) in [7, 11) is 3.27. The van der Waals surface area contributed by atoms with Gasteiger partial charge >= 0.3 is 5.97 Å². The molecule has 0 bridgehead atoms. The van der Waals surface area contributed by atoms with Crippen LogP contribution in [0.4, 0.5) is 5.69 Å². The number of methoxy groups -OCH3 is 2. The molecule has 34 heavy (non-hydrogen) atoms. The fraction of sp³-hybridized carbons (Fsp3) is 0.148. The summed E-state index contributed by atoms with van der Waals surface area (Å²) in [5.74, 6) is 1.25. The number of hydrogen-bond acceptors (Lipinski definition) is 6. The van der Waals surface area contributed by atoms with Crippen molar-refractivity contribution in [3.8, 4) is 17.2 Å². The molecule has 7 nitrogen and oxygen atoms in total. The topological polar surface area (TPSA) is 87.9 Å². The Balaban J connectivity index is 1.65. The predicted octanol–water partition coefficient (Wildman–Crippen LogP) is 5.52. The van der Waals surface area contributed by atoms with Crippen molar-refractivity contribution in [2.24, 2.45) is 0 Å². The van der Waals surface area contributed by atoms with E-state index in [9.17, 15) is 14.9 Å². The molecule has 0 aliphatic heterocycles. The van der Waals surface area contributed by atoms with Gasteiger partial charge in [0.1, 0.15) is 17.2 Å². The number of benzene rings is 3. The van der Waals surface area contributed by atoms with Crippen molar-refractivity contribution in [2.75, 3.05) is 14.2 Å². The van der Waals surface area contributed by atoms with E-state index in [0.717, 1.165) is 46.6 Å². The van der Waals surface area contributed by atoms with E-state index < -0.39 is 10.9 Å². The third-order valence-electron chi connectivity index (χ3n) is 5.63. The zero-order valence-electron chi connectivity index (χ0n) is 18.8. The maximum atomic E-state index is 12.4. The van der Waals surface area contributed by atoms with E-state index in [4.69, 9.17) is 14.2 Å². The summed E-state index contributed by atoms with van der Waals surface area (Å²) in [5, 5.41) is 10.8. The van der Waals surface area contributed by atoms with Crippen LogP contribution in [-0.4, -0.2) is 25.1 Å². The number of non-ortho nitro benzene ring substituents is 1. The summed E-state index contributed by atoms with van der Waals surface area (Å²) in [6.45, 7) is 0. The van der Waals surface area contributed by atoms with Gasteiger partial charge in [-0.3, -0.25) is 10.1 Å². The number of nitro groups is 1. The standard InChI is InChI=1S/C27H23NO6/c1-32-22-10-5-19(6-11-22)27-18(3-4-20-17-24(33-2)14-15-25(20)27)7-16-26(29)34-23-12-8-21(9-13-23)28(30)31/h5-17H,3-4H2,1-2H3. The van der Waals surface area contributed by atoms with Crippen molar-refractivity contribution in [2.45, 2.75) is 12.8 Å². The van der Waals surface area contributed by atoms with Crippen LogP contribution in [0.25, 0.3) is 5.57 Å². The molecule has 3 aromatic rings. The van der Waals surface area contributed by atoms with Crippen molar-refractivity contribution < 1.29 is 23.9 Å². The average Bonchev–Trinajstić information content (AvgIpc) is 2.87. The van der Waals surface area contributed by atoms with E-state index >= 15 is 0 Å². The van der Waals surface area contributed by atoms with Crippen LogP contribution >= 0.6 is 0 Å². The van der Waals surface area contributed by atoms with Crippen LogP contribution in [0, 0.1) is 10.1 Å². The lowest BCUT2D eigenvalue weighted by molar-refractivity contribution is -0.384. The molecule has 172 valence electrons. The van der Waals surface area contributed by atoms with Crippen LogP contribution in [0.3, 0.4) is 0 Å². The minimum Gasteiger partial charge on any atom is -0.497 e. The Bertz CT molecular complexity index is 1270. The third-order valence-corrected chi connectivity index (χ3v) is 5.63. The van der Waals surface area contributed by atoms with Gasteiger partial charge < -0.3 is 14.2 Å². The Morgan fingerprint density at radius 1 is 0.882 bits per heavy atom. The minimum absolute atomic E-state index is 0.0675. The van der Waals surface area contributed by atoms with Crippen LogP contribution in [0.5, 0.6) is 17.2 Å². The molecule has 7 heteroatoms. The number of rotatable bonds is 7. The molecule has 0 fully saturated rings. The van der Waals surface area contributed by atoms with E-state index in [1.807, 2.05) is 42.5 Å². The second-order valence-electron chi connectivity index (χ2n) is 7.66. The van der Waals surface area contributed by atoms with Gasteiger partial charge in [-0.2, -0.15) is 0 Å². The molecule has 0 saturated carbocycles. The van der Waals surface area contributed by atoms with Gasteiger partial charge in [0.05, 0.1) is 19.1 Å². The fourth-order valence-electron chi connectivity index (χ4n) is 3.94. The van der Waals surface area contributed by atoms with E-state index in [1.54, 1.807) is 20.3 Å². The second-order valence-corrected chi connectivity index (χ2v) is 7.66. The number of esters is 1. The first-order chi connectivity index (χ1) is 16.5. The highest BCUT2D eigenvalue weighted by molar-refractivity contribution is 5.89. The first kappa shape index (κ1) is 22.8. The highest BCUT2D eigenvalue weighted by atomic mass is 16.6. The van der Waals surface area contributed by atoms with Crippen molar-refractivity contribution in [1.29, 1.82) is 0 Å². The lowest BCUT2D eigenvalue weighted by Gasteiger charge is -2.23. The third kappa shape index (κ3) is 4.99. The van der Waals surface area contributed by atoms with Crippen molar-refractivity contribution in [1.82, 2.24) is 0 Å². The number of hydrogen-bond donors (Lipinski definition) is 0. The molecule has 3 aromatic carbocycles. The molecule has 0 amide bonds. The van der Waals surface area contributed by atoms with Crippen LogP contribution in [0.15, 0.2) is 84.5 Å². The second kappa shape index (κ2) is 10.0. The number of allylic oxidation sites excluding steroid dienone is 2. The largest absolute Gasteiger partial charge is 0.497 e. The van der Waals surface area contributed by atoms with Gasteiger partial charge in [0.25, 0.3) is 5.69 Å². The van der Waals surface area contributed by atoms with Gasteiger partial charge in [0, 0.05) is 18.2 Å². The Kier molecular flexibility index (Phi) is 6.73. The number of nitro benzene ring substituents is 1. The van der Waals surface area contributed by atoms with Gasteiger partial charge in [0.15, 0.2) is 0 Å². The summed E-state index contributed by atoms with van der Waals surface area (Å²) in [5.41, 5.74) is 5.24. The molecule has 1 aliphatic rings. The number of fused-ring (bicyclic) bond motifs is 1. The molecule has 1 aliphatic carbocycles. The SMILES string of the molecule is COc1ccc(C2=C(C=CC(=O)Oc3ccc([N+](=O)[O-])cc3)CCc3cc(OC)ccc32)cc1. The van der Waals surface area contributed by atoms with Gasteiger partial charge in [-0.1, -0.05) is 24.3 Å². The van der Waals surface area contributed by atoms with E-state index in [-0.39, 0.29) is 11.4 Å². The Morgan fingerprint density at radius 2 is 1.53 bits per heavy atom. The normalized spacial score (nSPS) is 12.9. The number of nitrogens with zero attached hydrogens (tertiary/aromatic N) is 1. The van der Waals surface area contributed by atoms with E-state index in [2.05, 4.69) is 0 Å². The number of carbonyl (C=O) groups excluding carboxylic acids is 1. The zero-order chi connectivity index (χ0) is 24.1. The van der Waals surface area contributed by atoms with Crippen LogP contribution in [0.1, 0.15) is 23.1 Å². The molecular formula is C27H23NO6. The maximum absolute atomic E-state index is 12.4. The summed E-state index contributed by atoms with van der Waals surface area (Å²) in [6.07, 6.45) is 4.71. The molecule has 0 atom stereocenters. The van der Waals surface area contributed by atoms with Crippen molar-refractivity contribution in [3.05, 3.63) is 111 Å². The number of carbonyl (C=O) groups is 1. The monoisotopic (exact) mass is 457 g/mol. The molecule has 0 unspecified atom stereocenters. The van der Waals surface area contributed by atoms with Crippen LogP contribution in [0.2, 0.25) is 0 Å². The molecule has 0 heterocycles. The molecule has 0 saturated heterocycles. The van der Waals surface area contributed by atoms with Crippen molar-refractivity contribution in [3.63, 3.8) is 0 Å². The Labute approximate surface area is 197 Å². The summed E-state index contributed by atoms with van der Waals surface area (Å²) >= 11 is 0. The van der Waals surface area contributed by atoms with Gasteiger partial charge in [-0.25, -0.2) is 4.79 Å². The van der Waals surface area contributed by atoms with Crippen LogP contribution < -0.4 is 14.2 Å². The molecule has 4 rings (SSSR count). The fourth-order valence-corrected chi connectivity index (χ4v) is 3.94. The van der Waals surface area contributed by atoms with Crippen molar-refractivity contribution >= 4 is 17.2 Å². The highest BCUT2D eigenvalue weighted by Crippen LogP contribution is 2.38. The summed E-state index contributed by atoms with van der Waals surface area (Å²) in [4.78, 5) is 22.7. The predicted molar refractivity (Wildman–Crippen MR) is 128 cm³/mol. The molecule has 0 N–H and O–H groups in total. The molecular weight excluding hydrogens is 434 g/mol. The van der Waals surface area contributed by atoms with Gasteiger partial charge in [0.2, 0.25) is 0 Å². The lowest BCUT2D eigenvalue weighted by atomic mass is 9.82. The zero-order valence-corrected chi connectivity index (χ0v) is 18.8. The summed E-state index contributed by atoms with van der Waals surface area (Å²) < 4.78 is 16.0. The Morgan fingerprint density at radius 3 is 2.18 bits per heavy atom. The van der Waals surface area contributed by atoms with Crippen LogP contribution in [-0.2, 0) is 11.2 Å². The van der Waals surface area contributed by atoms with Gasteiger partial charge in [-0.05, 0) is 77.1 Å². The quantitative estimate of drug-likeness (QED) is 0.153. The van der Waals surface area contributed by atoms with E-state index in [1.165, 1.54) is 35.9 Å². The Hall–Kier alpha value is -4.39. The minimum atomic E-state index is -0.559. The maximum Gasteiger partial charge on any atom is 0.336 e. The molecule has 0 aromatic heterocycles. The smallest absolute Gasteiger partial charge is 0.336 e. The average molecular weight is 457 g/mol. The summed E-state index contributed by atoms with van der Waals surface area (Å²) in [6, 6.07) is 19.2. The number of aryl methyl sites for hydroxylation is 1. The first-order valence-corrected chi connectivity index (χ1v) is 10.7. The number of ether oxygens (including phenoxy) is 3. The lowest BCUT2D eigenvalue weighted by Crippen LogP contribution is -2.08. The first-order valence-electron chi connectivity index (χ1n) is 10.7. The molecule has 0 spiro atoms. The highest BCUT2D eigenvalue weighted by Gasteiger charge is 2.20. The molecule has 0 radical (unpaired) electrons. The van der Waals surface area contributed by atoms with Gasteiger partial charge in [-0.15, -0.1) is 0 Å². The van der Waals surface area contributed by atoms with E-state index in [0.29, 0.717) is 0 Å².